The van der Waals surface area contributed by atoms with E-state index in [4.69, 9.17) is 9.15 Å². The molecular formula is C38H39N5O7. The van der Waals surface area contributed by atoms with E-state index in [0.29, 0.717) is 53.8 Å². The van der Waals surface area contributed by atoms with Gasteiger partial charge in [0.05, 0.1) is 23.7 Å². The van der Waals surface area contributed by atoms with E-state index in [-0.39, 0.29) is 55.6 Å². The fourth-order valence-corrected chi connectivity index (χ4v) is 7.63. The van der Waals surface area contributed by atoms with Crippen LogP contribution in [0, 0.1) is 11.8 Å². The molecule has 5 amide bonds. The van der Waals surface area contributed by atoms with Crippen molar-refractivity contribution in [1.29, 1.82) is 0 Å². The van der Waals surface area contributed by atoms with Crippen LogP contribution in [0.5, 0.6) is 5.75 Å². The average Bonchev–Trinajstić information content (AvgIpc) is 3.70. The van der Waals surface area contributed by atoms with E-state index >= 15 is 0 Å². The highest BCUT2D eigenvalue weighted by molar-refractivity contribution is 6.21. The maximum atomic E-state index is 14.4. The third-order valence-electron chi connectivity index (χ3n) is 10.1. The Morgan fingerprint density at radius 2 is 1.64 bits per heavy atom. The van der Waals surface area contributed by atoms with E-state index in [1.807, 2.05) is 29.2 Å². The molecule has 12 heteroatoms. The molecule has 12 nitrogen and oxygen atoms in total. The van der Waals surface area contributed by atoms with E-state index in [1.54, 1.807) is 49.5 Å². The number of imide groups is 1. The number of fused-ring (bicyclic) bond motifs is 3. The third kappa shape index (κ3) is 6.21. The summed E-state index contributed by atoms with van der Waals surface area (Å²) in [6.45, 7) is 0.820. The molecule has 0 bridgehead atoms. The van der Waals surface area contributed by atoms with Gasteiger partial charge in [0.15, 0.2) is 5.58 Å². The van der Waals surface area contributed by atoms with Gasteiger partial charge < -0.3 is 24.7 Å². The molecule has 7 rings (SSSR count). The van der Waals surface area contributed by atoms with Crippen molar-refractivity contribution in [1.82, 2.24) is 25.4 Å². The lowest BCUT2D eigenvalue weighted by Crippen LogP contribution is -2.49. The highest BCUT2D eigenvalue weighted by Crippen LogP contribution is 2.42. The van der Waals surface area contributed by atoms with Gasteiger partial charge in [-0.3, -0.25) is 28.9 Å². The Bertz CT molecular complexity index is 1900. The molecule has 3 aromatic carbocycles. The second-order valence-corrected chi connectivity index (χ2v) is 12.9. The highest BCUT2D eigenvalue weighted by Gasteiger charge is 2.43. The van der Waals surface area contributed by atoms with E-state index in [0.717, 1.165) is 24.0 Å². The van der Waals surface area contributed by atoms with Gasteiger partial charge in [-0.15, -0.1) is 0 Å². The van der Waals surface area contributed by atoms with Crippen LogP contribution in [0.25, 0.3) is 11.1 Å². The van der Waals surface area contributed by atoms with Crippen LogP contribution in [0.15, 0.2) is 71.1 Å². The van der Waals surface area contributed by atoms with Gasteiger partial charge in [0, 0.05) is 37.5 Å². The Kier molecular flexibility index (Phi) is 9.34. The largest absolute Gasteiger partial charge is 0.491 e. The number of hydrogen-bond acceptors (Lipinski definition) is 8. The summed E-state index contributed by atoms with van der Waals surface area (Å²) in [5.41, 5.74) is 3.65. The summed E-state index contributed by atoms with van der Waals surface area (Å²) in [7, 11) is 1.60. The lowest BCUT2D eigenvalue weighted by atomic mass is 9.77. The summed E-state index contributed by atoms with van der Waals surface area (Å²) >= 11 is 0. The van der Waals surface area contributed by atoms with Crippen molar-refractivity contribution in [3.05, 3.63) is 94.9 Å². The molecule has 0 spiro atoms. The van der Waals surface area contributed by atoms with E-state index in [2.05, 4.69) is 15.6 Å². The summed E-state index contributed by atoms with van der Waals surface area (Å²) < 4.78 is 11.9. The fraction of sp³-hybridized carbons (Fsp3) is 0.368. The minimum Gasteiger partial charge on any atom is -0.491 e. The number of amides is 5. The smallest absolute Gasteiger partial charge is 0.307 e. The number of benzene rings is 3. The fourth-order valence-electron chi connectivity index (χ4n) is 7.63. The molecule has 2 N–H and O–H groups in total. The number of rotatable bonds is 10. The molecule has 2 aliphatic heterocycles. The molecule has 0 radical (unpaired) electrons. The number of ether oxygens (including phenoxy) is 1. The number of nitrogens with one attached hydrogen (secondary N) is 2. The molecule has 1 saturated carbocycles. The molecular weight excluding hydrogens is 638 g/mol. The Morgan fingerprint density at radius 1 is 0.920 bits per heavy atom. The van der Waals surface area contributed by atoms with Crippen LogP contribution >= 0.6 is 0 Å². The van der Waals surface area contributed by atoms with Gasteiger partial charge in [-0.05, 0) is 61.6 Å². The van der Waals surface area contributed by atoms with Crippen molar-refractivity contribution < 1.29 is 33.1 Å². The maximum Gasteiger partial charge on any atom is 0.307 e. The van der Waals surface area contributed by atoms with Crippen LogP contribution in [0.4, 0.5) is 0 Å². The molecule has 1 fully saturated rings. The number of hydrogen-bond donors (Lipinski definition) is 2. The second kappa shape index (κ2) is 14.1. The Balaban J connectivity index is 1.12. The van der Waals surface area contributed by atoms with Crippen LogP contribution in [-0.2, 0) is 16.0 Å². The quantitative estimate of drug-likeness (QED) is 0.186. The summed E-state index contributed by atoms with van der Waals surface area (Å²) in [5.74, 6) is -1.79. The molecule has 0 unspecified atom stereocenters. The van der Waals surface area contributed by atoms with Gasteiger partial charge in [-0.25, -0.2) is 4.98 Å². The zero-order chi connectivity index (χ0) is 34.8. The van der Waals surface area contributed by atoms with Gasteiger partial charge >= 0.3 is 5.91 Å². The van der Waals surface area contributed by atoms with Gasteiger partial charge in [0.1, 0.15) is 17.9 Å². The molecule has 50 heavy (non-hydrogen) atoms. The van der Waals surface area contributed by atoms with Crippen LogP contribution in [0.2, 0.25) is 0 Å². The van der Waals surface area contributed by atoms with Crippen molar-refractivity contribution in [3.8, 4) is 5.75 Å². The predicted octanol–water partition coefficient (Wildman–Crippen LogP) is 4.30. The van der Waals surface area contributed by atoms with Crippen LogP contribution in [0.1, 0.15) is 80.7 Å². The monoisotopic (exact) mass is 677 g/mol. The first-order chi connectivity index (χ1) is 24.4. The minimum absolute atomic E-state index is 0.0385. The number of carbonyl (C=O) groups excluding carboxylic acids is 5. The van der Waals surface area contributed by atoms with Crippen LogP contribution in [0.3, 0.4) is 0 Å². The van der Waals surface area contributed by atoms with Gasteiger partial charge in [-0.1, -0.05) is 49.2 Å². The first-order valence-electron chi connectivity index (χ1n) is 17.2. The normalized spacial score (nSPS) is 20.0. The molecule has 3 aliphatic rings. The molecule has 1 aromatic heterocycles. The van der Waals surface area contributed by atoms with Crippen molar-refractivity contribution in [3.63, 3.8) is 0 Å². The highest BCUT2D eigenvalue weighted by atomic mass is 16.5. The van der Waals surface area contributed by atoms with Crippen LogP contribution in [-0.4, -0.2) is 77.6 Å². The SMILES string of the molecule is CNC(=O)[C@H]1CCCC[C@H]1C(=O)N1CCc2cccc(OCCNC(=O)c3nc4ccccc4o3)c2[C@H]1CCN1C(=O)c2ccccc2C1=O. The zero-order valence-corrected chi connectivity index (χ0v) is 27.9. The Hall–Kier alpha value is -5.52. The summed E-state index contributed by atoms with van der Waals surface area (Å²) in [6.07, 6.45) is 3.86. The molecule has 0 saturated heterocycles. The van der Waals surface area contributed by atoms with Crippen molar-refractivity contribution >= 4 is 40.6 Å². The third-order valence-corrected chi connectivity index (χ3v) is 10.1. The van der Waals surface area contributed by atoms with Crippen molar-refractivity contribution in [2.24, 2.45) is 11.8 Å². The number of oxazole rings is 1. The zero-order valence-electron chi connectivity index (χ0n) is 27.9. The van der Waals surface area contributed by atoms with Crippen molar-refractivity contribution in [2.45, 2.75) is 44.6 Å². The lowest BCUT2D eigenvalue weighted by Gasteiger charge is -2.42. The molecule has 1 aliphatic carbocycles. The second-order valence-electron chi connectivity index (χ2n) is 12.9. The van der Waals surface area contributed by atoms with E-state index < -0.39 is 23.8 Å². The molecule has 4 aromatic rings. The molecule has 3 atom stereocenters. The molecule has 3 heterocycles. The van der Waals surface area contributed by atoms with Gasteiger partial charge in [0.25, 0.3) is 17.7 Å². The standard InChI is InChI=1S/C38H39N5O7/c1-39-33(44)24-10-2-3-11-25(24)36(46)42-20-17-23-9-8-16-31(49-22-19-40-34(45)35-41-28-14-6-7-15-30(28)50-35)32(23)29(42)18-21-43-37(47)26-12-4-5-13-27(26)38(43)48/h4-9,12-16,24-25,29H,2-3,10-11,17-22H2,1H3,(H,39,44)(H,40,45)/t24-,25+,29+/m0/s1. The number of nitrogens with zero attached hydrogens (tertiary/aromatic N) is 3. The van der Waals surface area contributed by atoms with E-state index in [9.17, 15) is 24.0 Å². The van der Waals surface area contributed by atoms with Crippen LogP contribution < -0.4 is 15.4 Å². The Morgan fingerprint density at radius 3 is 2.38 bits per heavy atom. The average molecular weight is 678 g/mol. The Labute approximate surface area is 289 Å². The topological polar surface area (TPSA) is 151 Å². The lowest BCUT2D eigenvalue weighted by molar-refractivity contribution is -0.146. The first-order valence-corrected chi connectivity index (χ1v) is 17.2. The van der Waals surface area contributed by atoms with E-state index in [1.165, 1.54) is 4.90 Å². The maximum absolute atomic E-state index is 14.4. The summed E-state index contributed by atoms with van der Waals surface area (Å²) in [6, 6.07) is 19.1. The summed E-state index contributed by atoms with van der Waals surface area (Å²) in [5, 5.41) is 5.53. The molecule has 258 valence electrons. The van der Waals surface area contributed by atoms with Gasteiger partial charge in [-0.2, -0.15) is 0 Å². The predicted molar refractivity (Wildman–Crippen MR) is 182 cm³/mol. The van der Waals surface area contributed by atoms with Crippen molar-refractivity contribution in [2.75, 3.05) is 33.3 Å². The number of aromatic nitrogens is 1. The first kappa shape index (κ1) is 33.0. The number of para-hydroxylation sites is 2. The minimum atomic E-state index is -0.520. The summed E-state index contributed by atoms with van der Waals surface area (Å²) in [4.78, 5) is 74.0. The van der Waals surface area contributed by atoms with Gasteiger partial charge in [0.2, 0.25) is 11.8 Å². The number of carbonyl (C=O) groups is 5.